The number of rotatable bonds is 6. The van der Waals surface area contributed by atoms with E-state index in [4.69, 9.17) is 4.74 Å². The molecule has 1 aliphatic heterocycles. The second-order valence-corrected chi connectivity index (χ2v) is 6.18. The van der Waals surface area contributed by atoms with E-state index in [0.717, 1.165) is 13.0 Å². The lowest BCUT2D eigenvalue weighted by molar-refractivity contribution is -0.162. The largest absolute Gasteiger partial charge is 0.356 e. The Labute approximate surface area is 141 Å². The van der Waals surface area contributed by atoms with Gasteiger partial charge in [0.2, 0.25) is 5.91 Å². The summed E-state index contributed by atoms with van der Waals surface area (Å²) < 4.78 is 18.6. The van der Waals surface area contributed by atoms with Crippen LogP contribution in [-0.2, 0) is 14.3 Å². The molecule has 0 radical (unpaired) electrons. The predicted molar refractivity (Wildman–Crippen MR) is 87.8 cm³/mol. The van der Waals surface area contributed by atoms with E-state index in [1.165, 1.54) is 17.0 Å². The van der Waals surface area contributed by atoms with Crippen molar-refractivity contribution in [1.29, 1.82) is 0 Å². The molecule has 0 bridgehead atoms. The third-order valence-electron chi connectivity index (χ3n) is 4.04. The second-order valence-electron chi connectivity index (χ2n) is 6.18. The number of likely N-dealkylation sites (N-methyl/N-ethyl adjacent to an activating group) is 1. The SMILES string of the molecule is CN(C)CCCNC(=O)[C@@H]1OCC(=O)N(C)[C@@H]1c1ccc(F)cc1. The third-order valence-corrected chi connectivity index (χ3v) is 4.04. The van der Waals surface area contributed by atoms with Crippen LogP contribution in [0.2, 0.25) is 0 Å². The van der Waals surface area contributed by atoms with Crippen LogP contribution in [-0.4, -0.2) is 68.6 Å². The van der Waals surface area contributed by atoms with Crippen LogP contribution in [0.25, 0.3) is 0 Å². The van der Waals surface area contributed by atoms with Crippen LogP contribution in [0.5, 0.6) is 0 Å². The molecular formula is C17H24FN3O3. The van der Waals surface area contributed by atoms with Crippen molar-refractivity contribution in [2.24, 2.45) is 0 Å². The molecular weight excluding hydrogens is 313 g/mol. The van der Waals surface area contributed by atoms with E-state index >= 15 is 0 Å². The standard InChI is InChI=1S/C17H24FN3O3/c1-20(2)10-4-9-19-17(23)16-15(21(3)14(22)11-24-16)12-5-7-13(18)8-6-12/h5-8,15-16H,4,9-11H2,1-3H3,(H,19,23)/t15-,16-/m1/s1. The maximum Gasteiger partial charge on any atom is 0.251 e. The molecule has 0 aromatic heterocycles. The molecule has 0 spiro atoms. The van der Waals surface area contributed by atoms with Gasteiger partial charge in [-0.25, -0.2) is 4.39 Å². The molecule has 2 rings (SSSR count). The Morgan fingerprint density at radius 2 is 2.04 bits per heavy atom. The van der Waals surface area contributed by atoms with Crippen molar-refractivity contribution in [3.8, 4) is 0 Å². The summed E-state index contributed by atoms with van der Waals surface area (Å²) in [7, 11) is 5.57. The molecule has 24 heavy (non-hydrogen) atoms. The molecule has 1 fully saturated rings. The van der Waals surface area contributed by atoms with Crippen molar-refractivity contribution in [2.75, 3.05) is 40.8 Å². The number of amides is 2. The third kappa shape index (κ3) is 4.52. The van der Waals surface area contributed by atoms with E-state index in [1.807, 2.05) is 19.0 Å². The number of hydrogen-bond donors (Lipinski definition) is 1. The molecule has 0 aliphatic carbocycles. The van der Waals surface area contributed by atoms with Gasteiger partial charge in [-0.3, -0.25) is 9.59 Å². The fourth-order valence-electron chi connectivity index (χ4n) is 2.70. The van der Waals surface area contributed by atoms with Crippen molar-refractivity contribution in [2.45, 2.75) is 18.6 Å². The van der Waals surface area contributed by atoms with Gasteiger partial charge in [0.05, 0.1) is 6.04 Å². The summed E-state index contributed by atoms with van der Waals surface area (Å²) >= 11 is 0. The van der Waals surface area contributed by atoms with Crippen LogP contribution in [0.15, 0.2) is 24.3 Å². The molecule has 1 aromatic carbocycles. The van der Waals surface area contributed by atoms with Crippen LogP contribution in [0.4, 0.5) is 4.39 Å². The maximum atomic E-state index is 13.2. The number of nitrogens with one attached hydrogen (secondary N) is 1. The van der Waals surface area contributed by atoms with Gasteiger partial charge in [-0.05, 0) is 44.8 Å². The Hall–Kier alpha value is -1.99. The van der Waals surface area contributed by atoms with Gasteiger partial charge in [-0.2, -0.15) is 0 Å². The zero-order valence-electron chi connectivity index (χ0n) is 14.3. The van der Waals surface area contributed by atoms with Gasteiger partial charge in [0.25, 0.3) is 5.91 Å². The fraction of sp³-hybridized carbons (Fsp3) is 0.529. The van der Waals surface area contributed by atoms with Gasteiger partial charge in [-0.1, -0.05) is 12.1 Å². The minimum absolute atomic E-state index is 0.135. The topological polar surface area (TPSA) is 61.9 Å². The lowest BCUT2D eigenvalue weighted by atomic mass is 9.97. The molecule has 6 nitrogen and oxygen atoms in total. The van der Waals surface area contributed by atoms with E-state index in [0.29, 0.717) is 12.1 Å². The van der Waals surface area contributed by atoms with Crippen molar-refractivity contribution in [3.05, 3.63) is 35.6 Å². The van der Waals surface area contributed by atoms with Crippen LogP contribution < -0.4 is 5.32 Å². The number of carbonyl (C=O) groups excluding carboxylic acids is 2. The summed E-state index contributed by atoms with van der Waals surface area (Å²) in [5, 5.41) is 2.85. The molecule has 1 saturated heterocycles. The van der Waals surface area contributed by atoms with E-state index in [2.05, 4.69) is 5.32 Å². The number of benzene rings is 1. The van der Waals surface area contributed by atoms with Crippen LogP contribution in [0, 0.1) is 5.82 Å². The van der Waals surface area contributed by atoms with E-state index in [-0.39, 0.29) is 24.2 Å². The minimum Gasteiger partial charge on any atom is -0.356 e. The Bertz CT molecular complexity index is 577. The first-order valence-electron chi connectivity index (χ1n) is 7.95. The van der Waals surface area contributed by atoms with Gasteiger partial charge < -0.3 is 19.9 Å². The molecule has 1 aliphatic rings. The zero-order chi connectivity index (χ0) is 17.7. The van der Waals surface area contributed by atoms with E-state index < -0.39 is 12.1 Å². The highest BCUT2D eigenvalue weighted by atomic mass is 19.1. The van der Waals surface area contributed by atoms with E-state index in [9.17, 15) is 14.0 Å². The summed E-state index contributed by atoms with van der Waals surface area (Å²) in [6.45, 7) is 1.26. The Morgan fingerprint density at radius 3 is 2.67 bits per heavy atom. The quantitative estimate of drug-likeness (QED) is 0.780. The average molecular weight is 337 g/mol. The number of carbonyl (C=O) groups is 2. The summed E-state index contributed by atoms with van der Waals surface area (Å²) in [6, 6.07) is 5.21. The highest BCUT2D eigenvalue weighted by molar-refractivity contribution is 5.86. The average Bonchev–Trinajstić information content (AvgIpc) is 2.54. The van der Waals surface area contributed by atoms with Crippen molar-refractivity contribution >= 4 is 11.8 Å². The highest BCUT2D eigenvalue weighted by Gasteiger charge is 2.39. The van der Waals surface area contributed by atoms with Crippen LogP contribution in [0.1, 0.15) is 18.0 Å². The van der Waals surface area contributed by atoms with E-state index in [1.54, 1.807) is 19.2 Å². The fourth-order valence-corrected chi connectivity index (χ4v) is 2.70. The van der Waals surface area contributed by atoms with Crippen molar-refractivity contribution in [1.82, 2.24) is 15.1 Å². The Balaban J connectivity index is 2.08. The molecule has 0 saturated carbocycles. The molecule has 1 aromatic rings. The summed E-state index contributed by atoms with van der Waals surface area (Å²) in [4.78, 5) is 27.9. The van der Waals surface area contributed by atoms with Crippen molar-refractivity contribution in [3.63, 3.8) is 0 Å². The normalized spacial score (nSPS) is 21.2. The monoisotopic (exact) mass is 337 g/mol. The first kappa shape index (κ1) is 18.4. The molecule has 2 amide bonds. The maximum absolute atomic E-state index is 13.2. The lowest BCUT2D eigenvalue weighted by Crippen LogP contribution is -2.53. The number of ether oxygens (including phenoxy) is 1. The second kappa shape index (κ2) is 8.21. The molecule has 7 heteroatoms. The first-order valence-corrected chi connectivity index (χ1v) is 7.95. The summed E-state index contributed by atoms with van der Waals surface area (Å²) in [5.74, 6) is -0.836. The smallest absolute Gasteiger partial charge is 0.251 e. The number of halogens is 1. The molecule has 1 heterocycles. The zero-order valence-corrected chi connectivity index (χ0v) is 14.3. The number of hydrogen-bond acceptors (Lipinski definition) is 4. The number of nitrogens with zero attached hydrogens (tertiary/aromatic N) is 2. The first-order chi connectivity index (χ1) is 11.4. The van der Waals surface area contributed by atoms with Gasteiger partial charge in [-0.15, -0.1) is 0 Å². The molecule has 0 unspecified atom stereocenters. The Kier molecular flexibility index (Phi) is 6.28. The lowest BCUT2D eigenvalue weighted by Gasteiger charge is -2.38. The predicted octanol–water partition coefficient (Wildman–Crippen LogP) is 0.792. The molecule has 2 atom stereocenters. The highest BCUT2D eigenvalue weighted by Crippen LogP contribution is 2.29. The van der Waals surface area contributed by atoms with Gasteiger partial charge in [0.15, 0.2) is 6.10 Å². The summed E-state index contributed by atoms with van der Waals surface area (Å²) in [5.41, 5.74) is 0.667. The summed E-state index contributed by atoms with van der Waals surface area (Å²) in [6.07, 6.45) is 0.0130. The molecule has 132 valence electrons. The van der Waals surface area contributed by atoms with Gasteiger partial charge >= 0.3 is 0 Å². The minimum atomic E-state index is -0.808. The van der Waals surface area contributed by atoms with Gasteiger partial charge in [0.1, 0.15) is 12.4 Å². The van der Waals surface area contributed by atoms with Crippen LogP contribution in [0.3, 0.4) is 0 Å². The number of morpholine rings is 1. The van der Waals surface area contributed by atoms with Gasteiger partial charge in [0, 0.05) is 13.6 Å². The Morgan fingerprint density at radius 1 is 1.38 bits per heavy atom. The van der Waals surface area contributed by atoms with Crippen LogP contribution >= 0.6 is 0 Å². The molecule has 1 N–H and O–H groups in total. The van der Waals surface area contributed by atoms with Crippen molar-refractivity contribution < 1.29 is 18.7 Å².